The van der Waals surface area contributed by atoms with Gasteiger partial charge in [-0.25, -0.2) is 4.98 Å². The molecule has 26 heavy (non-hydrogen) atoms. The Balaban J connectivity index is 1.91. The van der Waals surface area contributed by atoms with Crippen molar-refractivity contribution >= 4 is 27.5 Å². The Morgan fingerprint density at radius 2 is 2.12 bits per heavy atom. The molecule has 1 amide bonds. The first-order valence-electron chi connectivity index (χ1n) is 8.75. The molecule has 2 aromatic rings. The summed E-state index contributed by atoms with van der Waals surface area (Å²) in [6, 6.07) is 1.60. The summed E-state index contributed by atoms with van der Waals surface area (Å²) >= 11 is 3.48. The molecule has 0 saturated carbocycles. The van der Waals surface area contributed by atoms with E-state index in [0.717, 1.165) is 21.4 Å². The van der Waals surface area contributed by atoms with Crippen LogP contribution in [-0.4, -0.2) is 57.3 Å². The summed E-state index contributed by atoms with van der Waals surface area (Å²) in [7, 11) is 0. The lowest BCUT2D eigenvalue weighted by molar-refractivity contribution is -0.124. The molecule has 0 aliphatic rings. The number of fused-ring (bicyclic) bond motifs is 1. The smallest absolute Gasteiger partial charge is 0.237 e. The highest BCUT2D eigenvalue weighted by atomic mass is 79.9. The molecular weight excluding hydrogens is 400 g/mol. The van der Waals surface area contributed by atoms with Crippen LogP contribution in [0.2, 0.25) is 0 Å². The normalized spacial score (nSPS) is 14.0. The van der Waals surface area contributed by atoms with Gasteiger partial charge in [-0.1, -0.05) is 13.8 Å². The second kappa shape index (κ2) is 9.45. The Labute approximate surface area is 162 Å². The highest BCUT2D eigenvalue weighted by Gasteiger charge is 2.22. The Morgan fingerprint density at radius 1 is 1.38 bits per heavy atom. The van der Waals surface area contributed by atoms with Gasteiger partial charge in [-0.15, -0.1) is 0 Å². The largest absolute Gasteiger partial charge is 0.394 e. The van der Waals surface area contributed by atoms with Crippen LogP contribution in [0.3, 0.4) is 0 Å². The van der Waals surface area contributed by atoms with Crippen LogP contribution >= 0.6 is 15.9 Å². The van der Waals surface area contributed by atoms with Crippen LogP contribution in [0.1, 0.15) is 25.1 Å². The molecule has 0 saturated heterocycles. The molecule has 144 valence electrons. The zero-order valence-corrected chi connectivity index (χ0v) is 17.0. The molecule has 0 fully saturated rings. The Hall–Kier alpha value is -1.48. The highest BCUT2D eigenvalue weighted by Crippen LogP contribution is 2.17. The number of hydrogen-bond donors (Lipinski definition) is 4. The number of nitrogens with one attached hydrogen (secondary N) is 2. The SMILES string of the molecule is Cc1cc(Br)cn2cc(CCNC(=O)C(NCC(O)CO)C(C)C)nc12. The lowest BCUT2D eigenvalue weighted by Gasteiger charge is -2.22. The number of aliphatic hydroxyl groups is 2. The van der Waals surface area contributed by atoms with E-state index in [4.69, 9.17) is 5.11 Å². The lowest BCUT2D eigenvalue weighted by Crippen LogP contribution is -2.50. The van der Waals surface area contributed by atoms with Crippen LogP contribution in [0, 0.1) is 12.8 Å². The topological polar surface area (TPSA) is 98.9 Å². The minimum Gasteiger partial charge on any atom is -0.394 e. The third kappa shape index (κ3) is 5.51. The number of carbonyl (C=O) groups is 1. The third-order valence-electron chi connectivity index (χ3n) is 4.17. The van der Waals surface area contributed by atoms with E-state index in [2.05, 4.69) is 31.5 Å². The van der Waals surface area contributed by atoms with Gasteiger partial charge in [-0.2, -0.15) is 0 Å². The standard InChI is InChI=1S/C18H27BrN4O3/c1-11(2)16(21-7-15(25)10-24)18(26)20-5-4-14-9-23-8-13(19)6-12(3)17(23)22-14/h6,8-9,11,15-16,21,24-25H,4-5,7,10H2,1-3H3,(H,20,26). The first-order valence-corrected chi connectivity index (χ1v) is 9.54. The summed E-state index contributed by atoms with van der Waals surface area (Å²) in [5.74, 6) is -0.0519. The van der Waals surface area contributed by atoms with Gasteiger partial charge in [0.15, 0.2) is 0 Å². The molecule has 2 unspecified atom stereocenters. The van der Waals surface area contributed by atoms with E-state index in [1.165, 1.54) is 0 Å². The lowest BCUT2D eigenvalue weighted by atomic mass is 10.0. The number of aryl methyl sites for hydroxylation is 1. The van der Waals surface area contributed by atoms with Gasteiger partial charge in [-0.05, 0) is 40.4 Å². The zero-order valence-electron chi connectivity index (χ0n) is 15.4. The van der Waals surface area contributed by atoms with Gasteiger partial charge >= 0.3 is 0 Å². The van der Waals surface area contributed by atoms with Gasteiger partial charge in [0, 0.05) is 36.4 Å². The Kier molecular flexibility index (Phi) is 7.57. The fourth-order valence-electron chi connectivity index (χ4n) is 2.78. The number of hydrogen-bond acceptors (Lipinski definition) is 5. The predicted molar refractivity (Wildman–Crippen MR) is 104 cm³/mol. The van der Waals surface area contributed by atoms with E-state index >= 15 is 0 Å². The summed E-state index contributed by atoms with van der Waals surface area (Å²) in [5, 5.41) is 24.3. The maximum atomic E-state index is 12.4. The van der Waals surface area contributed by atoms with Crippen molar-refractivity contribution < 1.29 is 15.0 Å². The van der Waals surface area contributed by atoms with Crippen molar-refractivity contribution in [3.8, 4) is 0 Å². The fraction of sp³-hybridized carbons (Fsp3) is 0.556. The van der Waals surface area contributed by atoms with Crippen molar-refractivity contribution in [2.45, 2.75) is 39.3 Å². The summed E-state index contributed by atoms with van der Waals surface area (Å²) < 4.78 is 2.97. The van der Waals surface area contributed by atoms with Crippen molar-refractivity contribution in [3.05, 3.63) is 34.2 Å². The van der Waals surface area contributed by atoms with E-state index < -0.39 is 12.1 Å². The number of pyridine rings is 1. The van der Waals surface area contributed by atoms with Gasteiger partial charge < -0.3 is 25.2 Å². The predicted octanol–water partition coefficient (Wildman–Crippen LogP) is 1.03. The number of rotatable bonds is 9. The van der Waals surface area contributed by atoms with Crippen LogP contribution in [0.4, 0.5) is 0 Å². The van der Waals surface area contributed by atoms with Gasteiger partial charge in [0.2, 0.25) is 5.91 Å². The Bertz CT molecular complexity index is 747. The summed E-state index contributed by atoms with van der Waals surface area (Å²) in [6.07, 6.45) is 3.69. The Morgan fingerprint density at radius 3 is 2.77 bits per heavy atom. The molecule has 0 aromatic carbocycles. The first-order chi connectivity index (χ1) is 12.3. The van der Waals surface area contributed by atoms with Gasteiger partial charge in [-0.3, -0.25) is 4.79 Å². The minimum atomic E-state index is -0.871. The summed E-state index contributed by atoms with van der Waals surface area (Å²) in [6.45, 7) is 6.21. The van der Waals surface area contributed by atoms with Crippen LogP contribution in [0.5, 0.6) is 0 Å². The van der Waals surface area contributed by atoms with E-state index in [1.807, 2.05) is 43.6 Å². The summed E-state index contributed by atoms with van der Waals surface area (Å²) in [5.41, 5.74) is 2.91. The monoisotopic (exact) mass is 426 g/mol. The van der Waals surface area contributed by atoms with E-state index in [-0.39, 0.29) is 25.0 Å². The minimum absolute atomic E-state index is 0.0658. The number of halogens is 1. The molecule has 0 bridgehead atoms. The maximum Gasteiger partial charge on any atom is 0.237 e. The van der Waals surface area contributed by atoms with E-state index in [9.17, 15) is 9.90 Å². The summed E-state index contributed by atoms with van der Waals surface area (Å²) in [4.78, 5) is 17.0. The number of imidazole rings is 1. The number of carbonyl (C=O) groups excluding carboxylic acids is 1. The molecule has 2 atom stereocenters. The van der Waals surface area contributed by atoms with Gasteiger partial charge in [0.05, 0.1) is 24.4 Å². The van der Waals surface area contributed by atoms with Crippen molar-refractivity contribution in [2.75, 3.05) is 19.7 Å². The molecule has 7 nitrogen and oxygen atoms in total. The molecule has 0 aliphatic heterocycles. The van der Waals surface area contributed by atoms with Gasteiger partial charge in [0.25, 0.3) is 0 Å². The average molecular weight is 427 g/mol. The second-order valence-electron chi connectivity index (χ2n) is 6.81. The van der Waals surface area contributed by atoms with Crippen LogP contribution < -0.4 is 10.6 Å². The number of amides is 1. The quantitative estimate of drug-likeness (QED) is 0.479. The molecule has 2 rings (SSSR count). The van der Waals surface area contributed by atoms with Gasteiger partial charge in [0.1, 0.15) is 5.65 Å². The van der Waals surface area contributed by atoms with Crippen molar-refractivity contribution in [1.82, 2.24) is 20.0 Å². The maximum absolute atomic E-state index is 12.4. The first kappa shape index (κ1) is 20.8. The van der Waals surface area contributed by atoms with Crippen molar-refractivity contribution in [1.29, 1.82) is 0 Å². The molecule has 0 radical (unpaired) electrons. The van der Waals surface area contributed by atoms with Crippen molar-refractivity contribution in [2.24, 2.45) is 5.92 Å². The molecule has 2 aromatic heterocycles. The third-order valence-corrected chi connectivity index (χ3v) is 4.60. The molecule has 0 aliphatic carbocycles. The second-order valence-corrected chi connectivity index (χ2v) is 7.73. The zero-order chi connectivity index (χ0) is 19.3. The molecular formula is C18H27BrN4O3. The molecule has 8 heteroatoms. The van der Waals surface area contributed by atoms with E-state index in [0.29, 0.717) is 13.0 Å². The highest BCUT2D eigenvalue weighted by molar-refractivity contribution is 9.10. The number of nitrogens with zero attached hydrogens (tertiary/aromatic N) is 2. The van der Waals surface area contributed by atoms with Crippen molar-refractivity contribution in [3.63, 3.8) is 0 Å². The fourth-order valence-corrected chi connectivity index (χ4v) is 3.34. The molecule has 0 spiro atoms. The van der Waals surface area contributed by atoms with E-state index in [1.54, 1.807) is 0 Å². The van der Waals surface area contributed by atoms with Crippen LogP contribution in [-0.2, 0) is 11.2 Å². The number of aliphatic hydroxyl groups excluding tert-OH is 2. The number of aromatic nitrogens is 2. The van der Waals surface area contributed by atoms with Crippen LogP contribution in [0.15, 0.2) is 22.9 Å². The average Bonchev–Trinajstić information content (AvgIpc) is 2.97. The molecule has 2 heterocycles. The molecule has 4 N–H and O–H groups in total. The van der Waals surface area contributed by atoms with Crippen LogP contribution in [0.25, 0.3) is 5.65 Å².